The third-order valence-corrected chi connectivity index (χ3v) is 3.93. The average molecular weight is 411 g/mol. The van der Waals surface area contributed by atoms with Crippen molar-refractivity contribution in [2.45, 2.75) is 44.1 Å². The van der Waals surface area contributed by atoms with Gasteiger partial charge in [0.1, 0.15) is 18.7 Å². The summed E-state index contributed by atoms with van der Waals surface area (Å²) >= 11 is 0. The fourth-order valence-electron chi connectivity index (χ4n) is 2.33. The summed E-state index contributed by atoms with van der Waals surface area (Å²) in [6, 6.07) is 5.08. The number of benzene rings is 1. The summed E-state index contributed by atoms with van der Waals surface area (Å²) in [7, 11) is 0. The summed E-state index contributed by atoms with van der Waals surface area (Å²) in [5, 5.41) is 13.1. The molecular formula is C17H22F5N3O3. The van der Waals surface area contributed by atoms with Crippen LogP contribution in [0.15, 0.2) is 30.3 Å². The Morgan fingerprint density at radius 2 is 1.64 bits per heavy atom. The van der Waals surface area contributed by atoms with Crippen molar-refractivity contribution in [3.63, 3.8) is 0 Å². The van der Waals surface area contributed by atoms with E-state index in [0.29, 0.717) is 5.56 Å². The van der Waals surface area contributed by atoms with Crippen LogP contribution in [0.5, 0.6) is 0 Å². The molecule has 3 atom stereocenters. The Hall–Kier alpha value is -2.27. The zero-order valence-corrected chi connectivity index (χ0v) is 15.1. The summed E-state index contributed by atoms with van der Waals surface area (Å²) < 4.78 is 64.7. The Morgan fingerprint density at radius 3 is 2.11 bits per heavy atom. The monoisotopic (exact) mass is 411 g/mol. The fraction of sp³-hybridized carbons (Fsp3) is 0.529. The van der Waals surface area contributed by atoms with Gasteiger partial charge in [0.25, 0.3) is 5.91 Å². The zero-order chi connectivity index (χ0) is 21.7. The van der Waals surface area contributed by atoms with Crippen LogP contribution in [0.4, 0.5) is 22.0 Å². The second kappa shape index (κ2) is 9.28. The van der Waals surface area contributed by atoms with Crippen molar-refractivity contribution in [2.75, 3.05) is 6.54 Å². The minimum atomic E-state index is -4.90. The van der Waals surface area contributed by atoms with Gasteiger partial charge in [0.15, 0.2) is 0 Å². The molecule has 158 valence electrons. The summed E-state index contributed by atoms with van der Waals surface area (Å²) in [4.78, 5) is 23.7. The highest BCUT2D eigenvalue weighted by Crippen LogP contribution is 2.26. The van der Waals surface area contributed by atoms with Gasteiger partial charge in [-0.15, -0.1) is 0 Å². The second-order valence-electron chi connectivity index (χ2n) is 6.53. The van der Waals surface area contributed by atoms with Gasteiger partial charge < -0.3 is 21.5 Å². The third kappa shape index (κ3) is 6.41. The van der Waals surface area contributed by atoms with Crippen molar-refractivity contribution < 1.29 is 36.6 Å². The quantitative estimate of drug-likeness (QED) is 0.487. The first kappa shape index (κ1) is 23.8. The molecule has 1 aromatic rings. The third-order valence-electron chi connectivity index (χ3n) is 3.93. The molecule has 0 bridgehead atoms. The maximum atomic E-state index is 14.2. The molecule has 6 nitrogen and oxygen atoms in total. The molecule has 2 unspecified atom stereocenters. The molecule has 0 saturated carbocycles. The van der Waals surface area contributed by atoms with Crippen molar-refractivity contribution in [3.05, 3.63) is 35.9 Å². The highest BCUT2D eigenvalue weighted by atomic mass is 19.4. The predicted octanol–water partition coefficient (Wildman–Crippen LogP) is 1.50. The van der Waals surface area contributed by atoms with Gasteiger partial charge in [-0.2, -0.15) is 22.0 Å². The molecule has 0 radical (unpaired) electrons. The average Bonchev–Trinajstić information content (AvgIpc) is 2.62. The number of aliphatic hydroxyl groups is 1. The second-order valence-corrected chi connectivity index (χ2v) is 6.53. The summed E-state index contributed by atoms with van der Waals surface area (Å²) in [5.74, 6) is -8.56. The smallest absolute Gasteiger partial charge is 0.384 e. The minimum absolute atomic E-state index is 0.381. The zero-order valence-electron chi connectivity index (χ0n) is 15.1. The Labute approximate surface area is 158 Å². The Kier molecular flexibility index (Phi) is 7.88. The molecule has 0 aliphatic rings. The molecule has 5 N–H and O–H groups in total. The molecule has 11 heteroatoms. The lowest BCUT2D eigenvalue weighted by Gasteiger charge is -2.32. The van der Waals surface area contributed by atoms with Gasteiger partial charge in [0.05, 0.1) is 6.04 Å². The molecule has 0 heterocycles. The highest BCUT2D eigenvalue weighted by molar-refractivity contribution is 5.85. The number of carbonyl (C=O) groups excluding carboxylic acids is 2. The lowest BCUT2D eigenvalue weighted by Crippen LogP contribution is -2.60. The number of nitrogens with one attached hydrogen (secondary N) is 2. The van der Waals surface area contributed by atoms with Crippen molar-refractivity contribution >= 4 is 11.8 Å². The van der Waals surface area contributed by atoms with Gasteiger partial charge in [-0.05, 0) is 11.5 Å². The van der Waals surface area contributed by atoms with Crippen LogP contribution in [0.25, 0.3) is 0 Å². The van der Waals surface area contributed by atoms with Crippen LogP contribution in [-0.4, -0.2) is 47.7 Å². The summed E-state index contributed by atoms with van der Waals surface area (Å²) in [5.41, 5.74) is 6.15. The van der Waals surface area contributed by atoms with Gasteiger partial charge in [0.2, 0.25) is 5.91 Å². The molecule has 0 spiro atoms. The minimum Gasteiger partial charge on any atom is -0.384 e. The van der Waals surface area contributed by atoms with Crippen molar-refractivity contribution in [3.8, 4) is 0 Å². The van der Waals surface area contributed by atoms with E-state index >= 15 is 0 Å². The Morgan fingerprint density at radius 1 is 1.11 bits per heavy atom. The highest BCUT2D eigenvalue weighted by Gasteiger charge is 2.51. The first-order valence-electron chi connectivity index (χ1n) is 8.29. The topological polar surface area (TPSA) is 104 Å². The maximum absolute atomic E-state index is 14.2. The SMILES string of the molecule is CC(C)[C@H](NC(=O)C(N)c1ccccc1)C(O)C(F)(F)C(=O)NCC(F)(F)F. The standard InChI is InChI=1S/C17H22F5N3O3/c1-9(2)12(25-14(27)11(23)10-6-4-3-5-7-10)13(26)17(21,22)15(28)24-8-16(18,19)20/h3-7,9,11-13,26H,8,23H2,1-2H3,(H,24,28)(H,25,27)/t11?,12-,13?/m0/s1. The first-order valence-corrected chi connectivity index (χ1v) is 8.29. The van der Waals surface area contributed by atoms with E-state index in [1.807, 2.05) is 0 Å². The van der Waals surface area contributed by atoms with Crippen LogP contribution in [0.2, 0.25) is 0 Å². The van der Waals surface area contributed by atoms with Gasteiger partial charge in [-0.1, -0.05) is 44.2 Å². The number of rotatable bonds is 8. The van der Waals surface area contributed by atoms with Crippen LogP contribution in [0.3, 0.4) is 0 Å². The summed E-state index contributed by atoms with van der Waals surface area (Å²) in [6.45, 7) is 0.781. The number of aliphatic hydroxyl groups excluding tert-OH is 1. The normalized spacial score (nSPS) is 15.6. The number of hydrogen-bond donors (Lipinski definition) is 4. The molecule has 0 saturated heterocycles. The van der Waals surface area contributed by atoms with E-state index < -0.39 is 54.6 Å². The molecule has 0 aliphatic carbocycles. The van der Waals surface area contributed by atoms with Crippen LogP contribution < -0.4 is 16.4 Å². The van der Waals surface area contributed by atoms with Crippen molar-refractivity contribution in [1.29, 1.82) is 0 Å². The van der Waals surface area contributed by atoms with Gasteiger partial charge in [0, 0.05) is 0 Å². The number of alkyl halides is 5. The first-order chi connectivity index (χ1) is 12.8. The van der Waals surface area contributed by atoms with Crippen LogP contribution in [-0.2, 0) is 9.59 Å². The fourth-order valence-corrected chi connectivity index (χ4v) is 2.33. The molecule has 0 fully saturated rings. The molecule has 0 aromatic heterocycles. The Bertz CT molecular complexity index is 668. The number of halogens is 5. The van der Waals surface area contributed by atoms with E-state index in [2.05, 4.69) is 5.32 Å². The Balaban J connectivity index is 2.91. The van der Waals surface area contributed by atoms with Crippen LogP contribution in [0, 0.1) is 5.92 Å². The number of amides is 2. The van der Waals surface area contributed by atoms with E-state index in [9.17, 15) is 36.6 Å². The van der Waals surface area contributed by atoms with Crippen molar-refractivity contribution in [1.82, 2.24) is 10.6 Å². The largest absolute Gasteiger partial charge is 0.405 e. The van der Waals surface area contributed by atoms with E-state index in [1.54, 1.807) is 18.2 Å². The number of nitrogens with two attached hydrogens (primary N) is 1. The molecule has 2 amide bonds. The van der Waals surface area contributed by atoms with Crippen LogP contribution in [0.1, 0.15) is 25.5 Å². The maximum Gasteiger partial charge on any atom is 0.405 e. The molecule has 1 aromatic carbocycles. The van der Waals surface area contributed by atoms with Gasteiger partial charge >= 0.3 is 12.1 Å². The molecule has 0 aliphatic heterocycles. The van der Waals surface area contributed by atoms with E-state index in [0.717, 1.165) is 5.32 Å². The van der Waals surface area contributed by atoms with Crippen LogP contribution >= 0.6 is 0 Å². The molecule has 28 heavy (non-hydrogen) atoms. The van der Waals surface area contributed by atoms with E-state index in [-0.39, 0.29) is 0 Å². The molecular weight excluding hydrogens is 389 g/mol. The van der Waals surface area contributed by atoms with Gasteiger partial charge in [-0.25, -0.2) is 0 Å². The van der Waals surface area contributed by atoms with Gasteiger partial charge in [-0.3, -0.25) is 9.59 Å². The summed E-state index contributed by atoms with van der Waals surface area (Å²) in [6.07, 6.45) is -7.67. The lowest BCUT2D eigenvalue weighted by molar-refractivity contribution is -0.174. The lowest BCUT2D eigenvalue weighted by atomic mass is 9.93. The molecule has 1 rings (SSSR count). The number of hydrogen-bond acceptors (Lipinski definition) is 4. The van der Waals surface area contributed by atoms with E-state index in [1.165, 1.54) is 26.0 Å². The number of carbonyl (C=O) groups is 2. The van der Waals surface area contributed by atoms with E-state index in [4.69, 9.17) is 5.73 Å². The van der Waals surface area contributed by atoms with Crippen molar-refractivity contribution in [2.24, 2.45) is 11.7 Å². The predicted molar refractivity (Wildman–Crippen MR) is 90.2 cm³/mol.